The third-order valence-corrected chi connectivity index (χ3v) is 3.72. The molecule has 5 heteroatoms. The summed E-state index contributed by atoms with van der Waals surface area (Å²) < 4.78 is 0. The average molecular weight is 317 g/mol. The molecule has 1 N–H and O–H groups in total. The zero-order chi connectivity index (χ0) is 14.8. The first-order chi connectivity index (χ1) is 10.1. The van der Waals surface area contributed by atoms with Gasteiger partial charge >= 0.3 is 5.69 Å². The van der Waals surface area contributed by atoms with Gasteiger partial charge in [0.2, 0.25) is 0 Å². The Balaban J connectivity index is 2.21. The SMILES string of the molecule is O=c1nc(-c2ccccc2Cl)cc(-c2ccccc2Cl)[nH]1. The topological polar surface area (TPSA) is 45.8 Å². The third kappa shape index (κ3) is 2.84. The van der Waals surface area contributed by atoms with Crippen LogP contribution >= 0.6 is 23.2 Å². The van der Waals surface area contributed by atoms with Gasteiger partial charge < -0.3 is 4.98 Å². The molecule has 0 aliphatic heterocycles. The van der Waals surface area contributed by atoms with Crippen LogP contribution in [0, 0.1) is 0 Å². The Bertz CT molecular complexity index is 792. The summed E-state index contributed by atoms with van der Waals surface area (Å²) in [6.07, 6.45) is 0. The maximum atomic E-state index is 11.8. The maximum Gasteiger partial charge on any atom is 0.345 e. The molecule has 104 valence electrons. The van der Waals surface area contributed by atoms with Gasteiger partial charge in [0.25, 0.3) is 0 Å². The van der Waals surface area contributed by atoms with Crippen LogP contribution in [0.15, 0.2) is 59.4 Å². The fraction of sp³-hybridized carbons (Fsp3) is 0. The first kappa shape index (κ1) is 13.9. The molecule has 0 radical (unpaired) electrons. The normalized spacial score (nSPS) is 10.6. The predicted molar refractivity (Wildman–Crippen MR) is 85.7 cm³/mol. The lowest BCUT2D eigenvalue weighted by Crippen LogP contribution is -2.12. The molecule has 0 saturated carbocycles. The van der Waals surface area contributed by atoms with E-state index < -0.39 is 5.69 Å². The molecular weight excluding hydrogens is 307 g/mol. The number of H-pyrrole nitrogens is 1. The molecule has 3 rings (SSSR count). The molecular formula is C16H10Cl2N2O. The molecule has 0 bridgehead atoms. The molecule has 3 aromatic rings. The number of hydrogen-bond acceptors (Lipinski definition) is 2. The van der Waals surface area contributed by atoms with Crippen LogP contribution in [0.3, 0.4) is 0 Å². The molecule has 0 aliphatic carbocycles. The van der Waals surface area contributed by atoms with Crippen LogP contribution in [0.2, 0.25) is 10.0 Å². The fourth-order valence-electron chi connectivity index (χ4n) is 2.09. The van der Waals surface area contributed by atoms with Crippen LogP contribution in [0.5, 0.6) is 0 Å². The van der Waals surface area contributed by atoms with Crippen molar-refractivity contribution >= 4 is 23.2 Å². The minimum absolute atomic E-state index is 0.442. The molecule has 0 atom stereocenters. The number of aromatic amines is 1. The van der Waals surface area contributed by atoms with Gasteiger partial charge in [-0.25, -0.2) is 4.79 Å². The number of nitrogens with zero attached hydrogens (tertiary/aromatic N) is 1. The van der Waals surface area contributed by atoms with Crippen LogP contribution in [-0.4, -0.2) is 9.97 Å². The van der Waals surface area contributed by atoms with Crippen molar-refractivity contribution in [2.45, 2.75) is 0 Å². The largest absolute Gasteiger partial charge is 0.345 e. The van der Waals surface area contributed by atoms with Crippen molar-refractivity contribution in [3.05, 3.63) is 75.1 Å². The second-order valence-corrected chi connectivity index (χ2v) is 5.26. The summed E-state index contributed by atoms with van der Waals surface area (Å²) in [5, 5.41) is 1.10. The predicted octanol–water partition coefficient (Wildman–Crippen LogP) is 4.41. The van der Waals surface area contributed by atoms with E-state index in [4.69, 9.17) is 23.2 Å². The monoisotopic (exact) mass is 316 g/mol. The van der Waals surface area contributed by atoms with Crippen LogP contribution in [-0.2, 0) is 0 Å². The second kappa shape index (κ2) is 5.72. The number of rotatable bonds is 2. The molecule has 0 spiro atoms. The number of nitrogens with one attached hydrogen (secondary N) is 1. The lowest BCUT2D eigenvalue weighted by molar-refractivity contribution is 1.09. The Kier molecular flexibility index (Phi) is 3.78. The first-order valence-electron chi connectivity index (χ1n) is 6.26. The highest BCUT2D eigenvalue weighted by Gasteiger charge is 2.10. The van der Waals surface area contributed by atoms with Crippen molar-refractivity contribution in [3.63, 3.8) is 0 Å². The number of aromatic nitrogens is 2. The Labute approximate surface area is 131 Å². The van der Waals surface area contributed by atoms with Crippen molar-refractivity contribution in [1.82, 2.24) is 9.97 Å². The van der Waals surface area contributed by atoms with Crippen molar-refractivity contribution in [2.75, 3.05) is 0 Å². The molecule has 0 fully saturated rings. The number of benzene rings is 2. The number of halogens is 2. The molecule has 1 heterocycles. The molecule has 3 nitrogen and oxygen atoms in total. The van der Waals surface area contributed by atoms with Gasteiger partial charge in [-0.05, 0) is 18.2 Å². The van der Waals surface area contributed by atoms with E-state index in [1.165, 1.54) is 0 Å². The third-order valence-electron chi connectivity index (χ3n) is 3.06. The Hall–Kier alpha value is -2.10. The lowest BCUT2D eigenvalue weighted by Gasteiger charge is -2.07. The average Bonchev–Trinajstić information content (AvgIpc) is 2.47. The fourth-order valence-corrected chi connectivity index (χ4v) is 2.56. The molecule has 0 aliphatic rings. The Morgan fingerprint density at radius 1 is 0.857 bits per heavy atom. The maximum absolute atomic E-state index is 11.8. The van der Waals surface area contributed by atoms with E-state index in [9.17, 15) is 4.79 Å². The van der Waals surface area contributed by atoms with E-state index in [2.05, 4.69) is 9.97 Å². The van der Waals surface area contributed by atoms with Crippen LogP contribution in [0.4, 0.5) is 0 Å². The molecule has 0 saturated heterocycles. The zero-order valence-corrected chi connectivity index (χ0v) is 12.3. The molecule has 21 heavy (non-hydrogen) atoms. The van der Waals surface area contributed by atoms with Gasteiger partial charge in [0.1, 0.15) is 0 Å². The minimum Gasteiger partial charge on any atom is -0.305 e. The van der Waals surface area contributed by atoms with Gasteiger partial charge in [-0.3, -0.25) is 0 Å². The summed E-state index contributed by atoms with van der Waals surface area (Å²) in [5.74, 6) is 0. The van der Waals surface area contributed by atoms with E-state index in [1.54, 1.807) is 18.2 Å². The zero-order valence-electron chi connectivity index (χ0n) is 10.8. The lowest BCUT2D eigenvalue weighted by atomic mass is 10.1. The van der Waals surface area contributed by atoms with Crippen LogP contribution < -0.4 is 5.69 Å². The summed E-state index contributed by atoms with van der Waals surface area (Å²) in [6, 6.07) is 16.3. The van der Waals surface area contributed by atoms with Crippen molar-refractivity contribution in [2.24, 2.45) is 0 Å². The highest BCUT2D eigenvalue weighted by atomic mass is 35.5. The highest BCUT2D eigenvalue weighted by molar-refractivity contribution is 6.33. The van der Waals surface area contributed by atoms with Gasteiger partial charge in [-0.2, -0.15) is 4.98 Å². The minimum atomic E-state index is -0.442. The first-order valence-corrected chi connectivity index (χ1v) is 7.02. The smallest absolute Gasteiger partial charge is 0.305 e. The number of hydrogen-bond donors (Lipinski definition) is 1. The standard InChI is InChI=1S/C16H10Cl2N2O/c17-12-7-3-1-5-10(12)14-9-15(20-16(21)19-14)11-6-2-4-8-13(11)18/h1-9H,(H,19,20,21). The van der Waals surface area contributed by atoms with Gasteiger partial charge in [-0.1, -0.05) is 59.6 Å². The van der Waals surface area contributed by atoms with E-state index in [0.717, 1.165) is 5.56 Å². The molecule has 0 amide bonds. The summed E-state index contributed by atoms with van der Waals surface area (Å²) in [5.41, 5.74) is 2.13. The van der Waals surface area contributed by atoms with Crippen LogP contribution in [0.25, 0.3) is 22.5 Å². The molecule has 0 unspecified atom stereocenters. The van der Waals surface area contributed by atoms with Crippen molar-refractivity contribution in [3.8, 4) is 22.5 Å². The summed E-state index contributed by atoms with van der Waals surface area (Å²) >= 11 is 12.3. The van der Waals surface area contributed by atoms with E-state index in [0.29, 0.717) is 27.0 Å². The Morgan fingerprint density at radius 2 is 1.43 bits per heavy atom. The van der Waals surface area contributed by atoms with E-state index in [1.807, 2.05) is 36.4 Å². The molecule has 2 aromatic carbocycles. The van der Waals surface area contributed by atoms with Gasteiger partial charge in [-0.15, -0.1) is 0 Å². The van der Waals surface area contributed by atoms with Gasteiger partial charge in [0.05, 0.1) is 11.4 Å². The van der Waals surface area contributed by atoms with Crippen LogP contribution in [0.1, 0.15) is 0 Å². The van der Waals surface area contributed by atoms with Gasteiger partial charge in [0.15, 0.2) is 0 Å². The summed E-state index contributed by atoms with van der Waals surface area (Å²) in [4.78, 5) is 18.5. The van der Waals surface area contributed by atoms with Crippen molar-refractivity contribution in [1.29, 1.82) is 0 Å². The summed E-state index contributed by atoms with van der Waals surface area (Å²) in [7, 11) is 0. The quantitative estimate of drug-likeness (QED) is 0.761. The molecule has 1 aromatic heterocycles. The summed E-state index contributed by atoms with van der Waals surface area (Å²) in [6.45, 7) is 0. The van der Waals surface area contributed by atoms with E-state index in [-0.39, 0.29) is 0 Å². The Morgan fingerprint density at radius 3 is 2.05 bits per heavy atom. The van der Waals surface area contributed by atoms with Crippen molar-refractivity contribution < 1.29 is 0 Å². The van der Waals surface area contributed by atoms with E-state index >= 15 is 0 Å². The highest BCUT2D eigenvalue weighted by Crippen LogP contribution is 2.30. The van der Waals surface area contributed by atoms with Gasteiger partial charge in [0, 0.05) is 21.2 Å². The second-order valence-electron chi connectivity index (χ2n) is 4.44.